The molecule has 20 heavy (non-hydrogen) atoms. The van der Waals surface area contributed by atoms with Crippen molar-refractivity contribution < 1.29 is 0 Å². The smallest absolute Gasteiger partial charge is 0.0981 e. The van der Waals surface area contributed by atoms with Gasteiger partial charge in [0, 0.05) is 23.0 Å². The van der Waals surface area contributed by atoms with Crippen molar-refractivity contribution in [2.45, 2.75) is 71.8 Å². The fraction of sp³-hybridized carbons (Fsp3) is 0.824. The maximum atomic E-state index is 4.54. The molecule has 0 spiro atoms. The predicted molar refractivity (Wildman–Crippen MR) is 88.3 cm³/mol. The summed E-state index contributed by atoms with van der Waals surface area (Å²) >= 11 is 1.85. The molecule has 2 rings (SSSR count). The van der Waals surface area contributed by atoms with Crippen molar-refractivity contribution >= 4 is 11.3 Å². The van der Waals surface area contributed by atoms with Crippen molar-refractivity contribution in [1.29, 1.82) is 0 Å². The lowest BCUT2D eigenvalue weighted by molar-refractivity contribution is 0.275. The molecular weight excluding hydrogens is 264 g/mol. The van der Waals surface area contributed by atoms with Gasteiger partial charge in [0.25, 0.3) is 0 Å². The van der Waals surface area contributed by atoms with E-state index in [0.29, 0.717) is 0 Å². The molecule has 2 nitrogen and oxygen atoms in total. The molecule has 3 heteroatoms. The second-order valence-corrected chi connectivity index (χ2v) is 8.59. The molecule has 1 fully saturated rings. The van der Waals surface area contributed by atoms with Gasteiger partial charge in [-0.1, -0.05) is 53.4 Å². The Labute approximate surface area is 128 Å². The van der Waals surface area contributed by atoms with Crippen LogP contribution in [0.15, 0.2) is 6.20 Å². The van der Waals surface area contributed by atoms with Gasteiger partial charge in [-0.3, -0.25) is 0 Å². The Kier molecular flexibility index (Phi) is 5.62. The van der Waals surface area contributed by atoms with Crippen LogP contribution in [0.1, 0.15) is 69.7 Å². The van der Waals surface area contributed by atoms with Crippen molar-refractivity contribution in [3.8, 4) is 0 Å². The van der Waals surface area contributed by atoms with E-state index in [2.05, 4.69) is 38.0 Å². The molecule has 0 bridgehead atoms. The number of nitrogens with zero attached hydrogens (tertiary/aromatic N) is 1. The number of rotatable bonds is 5. The van der Waals surface area contributed by atoms with Gasteiger partial charge in [-0.15, -0.1) is 11.3 Å². The zero-order chi connectivity index (χ0) is 14.6. The molecule has 0 saturated heterocycles. The SMILES string of the molecule is CC1CCC(CCNCc2cnc(C(C)(C)C)s2)CC1. The second kappa shape index (κ2) is 7.04. The molecule has 1 N–H and O–H groups in total. The van der Waals surface area contributed by atoms with Crippen LogP contribution in [-0.2, 0) is 12.0 Å². The van der Waals surface area contributed by atoms with Gasteiger partial charge in [0.05, 0.1) is 5.01 Å². The summed E-state index contributed by atoms with van der Waals surface area (Å²) in [7, 11) is 0. The minimum absolute atomic E-state index is 0.182. The molecule has 1 aliphatic carbocycles. The van der Waals surface area contributed by atoms with E-state index < -0.39 is 0 Å². The molecule has 0 aromatic carbocycles. The van der Waals surface area contributed by atoms with Crippen LogP contribution < -0.4 is 5.32 Å². The lowest BCUT2D eigenvalue weighted by atomic mass is 9.81. The van der Waals surface area contributed by atoms with Crippen molar-refractivity contribution in [2.75, 3.05) is 6.54 Å². The Bertz CT molecular complexity index is 397. The first-order valence-electron chi connectivity index (χ1n) is 8.11. The van der Waals surface area contributed by atoms with Gasteiger partial charge in [0.15, 0.2) is 0 Å². The molecule has 0 unspecified atom stereocenters. The van der Waals surface area contributed by atoms with Crippen LogP contribution in [0.2, 0.25) is 0 Å². The Hall–Kier alpha value is -0.410. The average Bonchev–Trinajstić information content (AvgIpc) is 2.85. The molecular formula is C17H30N2S. The number of hydrogen-bond acceptors (Lipinski definition) is 3. The summed E-state index contributed by atoms with van der Waals surface area (Å²) in [5.41, 5.74) is 0.182. The first-order valence-corrected chi connectivity index (χ1v) is 8.92. The standard InChI is InChI=1S/C17H30N2S/c1-13-5-7-14(8-6-13)9-10-18-11-15-12-19-16(20-15)17(2,3)4/h12-14,18H,5-11H2,1-4H3. The van der Waals surface area contributed by atoms with Crippen molar-refractivity contribution in [1.82, 2.24) is 10.3 Å². The molecule has 0 aliphatic heterocycles. The van der Waals surface area contributed by atoms with E-state index in [0.717, 1.165) is 24.9 Å². The number of nitrogens with one attached hydrogen (secondary N) is 1. The van der Waals surface area contributed by atoms with Crippen LogP contribution in [0.25, 0.3) is 0 Å². The highest BCUT2D eigenvalue weighted by molar-refractivity contribution is 7.11. The first-order chi connectivity index (χ1) is 9.45. The summed E-state index contributed by atoms with van der Waals surface area (Å²) < 4.78 is 0. The zero-order valence-electron chi connectivity index (χ0n) is 13.5. The quantitative estimate of drug-likeness (QED) is 0.793. The Morgan fingerprint density at radius 1 is 1.25 bits per heavy atom. The molecule has 0 radical (unpaired) electrons. The first kappa shape index (κ1) is 16.0. The predicted octanol–water partition coefficient (Wildman–Crippen LogP) is 4.75. The van der Waals surface area contributed by atoms with E-state index in [1.807, 2.05) is 17.5 Å². The fourth-order valence-electron chi connectivity index (χ4n) is 2.87. The van der Waals surface area contributed by atoms with Crippen molar-refractivity contribution in [2.24, 2.45) is 11.8 Å². The average molecular weight is 295 g/mol. The van der Waals surface area contributed by atoms with E-state index in [9.17, 15) is 0 Å². The monoisotopic (exact) mass is 294 g/mol. The number of hydrogen-bond donors (Lipinski definition) is 1. The van der Waals surface area contributed by atoms with Crippen LogP contribution in [0.4, 0.5) is 0 Å². The Morgan fingerprint density at radius 2 is 1.95 bits per heavy atom. The largest absolute Gasteiger partial charge is 0.312 e. The summed E-state index contributed by atoms with van der Waals surface area (Å²) in [5, 5.41) is 4.84. The Morgan fingerprint density at radius 3 is 2.55 bits per heavy atom. The highest BCUT2D eigenvalue weighted by Gasteiger charge is 2.19. The number of thiazole rings is 1. The topological polar surface area (TPSA) is 24.9 Å². The molecule has 1 heterocycles. The van der Waals surface area contributed by atoms with Gasteiger partial charge in [-0.25, -0.2) is 4.98 Å². The normalized spacial score (nSPS) is 24.0. The zero-order valence-corrected chi connectivity index (χ0v) is 14.4. The summed E-state index contributed by atoms with van der Waals surface area (Å²) in [6, 6.07) is 0. The molecule has 0 amide bonds. The third kappa shape index (κ3) is 4.85. The summed E-state index contributed by atoms with van der Waals surface area (Å²) in [6.45, 7) is 11.2. The van der Waals surface area contributed by atoms with Gasteiger partial charge in [-0.2, -0.15) is 0 Å². The lowest BCUT2D eigenvalue weighted by Crippen LogP contribution is -2.20. The number of aromatic nitrogens is 1. The van der Waals surface area contributed by atoms with Crippen molar-refractivity contribution in [3.05, 3.63) is 16.1 Å². The molecule has 1 aromatic heterocycles. The Balaban J connectivity index is 1.65. The summed E-state index contributed by atoms with van der Waals surface area (Å²) in [5.74, 6) is 1.93. The highest BCUT2D eigenvalue weighted by Crippen LogP contribution is 2.30. The van der Waals surface area contributed by atoms with Crippen molar-refractivity contribution in [3.63, 3.8) is 0 Å². The lowest BCUT2D eigenvalue weighted by Gasteiger charge is -2.26. The van der Waals surface area contributed by atoms with Gasteiger partial charge in [-0.05, 0) is 24.8 Å². The van der Waals surface area contributed by atoms with Gasteiger partial charge < -0.3 is 5.32 Å². The second-order valence-electron chi connectivity index (χ2n) is 7.47. The van der Waals surface area contributed by atoms with Crippen LogP contribution in [-0.4, -0.2) is 11.5 Å². The summed E-state index contributed by atoms with van der Waals surface area (Å²) in [6.07, 6.45) is 9.15. The van der Waals surface area contributed by atoms with Crippen LogP contribution in [0.5, 0.6) is 0 Å². The van der Waals surface area contributed by atoms with E-state index >= 15 is 0 Å². The molecule has 1 saturated carbocycles. The summed E-state index contributed by atoms with van der Waals surface area (Å²) in [4.78, 5) is 5.91. The maximum absolute atomic E-state index is 4.54. The van der Waals surface area contributed by atoms with E-state index in [1.165, 1.54) is 42.0 Å². The molecule has 114 valence electrons. The minimum Gasteiger partial charge on any atom is -0.312 e. The molecule has 0 atom stereocenters. The fourth-order valence-corrected chi connectivity index (χ4v) is 3.81. The van der Waals surface area contributed by atoms with Gasteiger partial charge in [0.1, 0.15) is 0 Å². The minimum atomic E-state index is 0.182. The van der Waals surface area contributed by atoms with Crippen LogP contribution >= 0.6 is 11.3 Å². The van der Waals surface area contributed by atoms with Crippen LogP contribution in [0.3, 0.4) is 0 Å². The third-order valence-electron chi connectivity index (χ3n) is 4.36. The highest BCUT2D eigenvalue weighted by atomic mass is 32.1. The molecule has 1 aliphatic rings. The van der Waals surface area contributed by atoms with E-state index in [-0.39, 0.29) is 5.41 Å². The van der Waals surface area contributed by atoms with E-state index in [1.54, 1.807) is 0 Å². The maximum Gasteiger partial charge on any atom is 0.0981 e. The van der Waals surface area contributed by atoms with Gasteiger partial charge in [0.2, 0.25) is 0 Å². The molecule has 1 aromatic rings. The van der Waals surface area contributed by atoms with Crippen LogP contribution in [0, 0.1) is 11.8 Å². The van der Waals surface area contributed by atoms with Gasteiger partial charge >= 0.3 is 0 Å². The third-order valence-corrected chi connectivity index (χ3v) is 5.78. The van der Waals surface area contributed by atoms with E-state index in [4.69, 9.17) is 0 Å².